The molecule has 0 aromatic heterocycles. The molecule has 1 amide bonds. The van der Waals surface area contributed by atoms with E-state index < -0.39 is 8.80 Å². The first-order chi connectivity index (χ1) is 8.14. The maximum absolute atomic E-state index is 10.5. The monoisotopic (exact) mass is 279 g/mol. The molecule has 0 heterocycles. The van der Waals surface area contributed by atoms with Gasteiger partial charge in [-0.1, -0.05) is 0 Å². The van der Waals surface area contributed by atoms with E-state index in [1.807, 2.05) is 20.8 Å². The van der Waals surface area contributed by atoms with Crippen LogP contribution in [0, 0.1) is 0 Å². The predicted molar refractivity (Wildman–Crippen MR) is 72.8 cm³/mol. The molecular formula is C10H25NO4Si2. The van der Waals surface area contributed by atoms with Gasteiger partial charge in [0.2, 0.25) is 6.41 Å². The van der Waals surface area contributed by atoms with Gasteiger partial charge in [0.05, 0.1) is 0 Å². The van der Waals surface area contributed by atoms with Crippen LogP contribution in [0.25, 0.3) is 0 Å². The molecule has 0 aliphatic carbocycles. The van der Waals surface area contributed by atoms with Crippen LogP contribution in [0.2, 0.25) is 6.04 Å². The summed E-state index contributed by atoms with van der Waals surface area (Å²) in [4.78, 5) is 10.5. The van der Waals surface area contributed by atoms with Gasteiger partial charge in [-0.2, -0.15) is 0 Å². The third-order valence-corrected chi connectivity index (χ3v) is 6.08. The molecule has 0 aromatic carbocycles. The highest BCUT2D eigenvalue weighted by Gasteiger charge is 2.39. The molecule has 0 N–H and O–H groups in total. The minimum absolute atomic E-state index is 0.602. The molecule has 0 unspecified atom stereocenters. The molecule has 5 nitrogen and oxygen atoms in total. The van der Waals surface area contributed by atoms with Crippen molar-refractivity contribution in [1.82, 2.24) is 4.57 Å². The highest BCUT2D eigenvalue weighted by atomic mass is 28.4. The Labute approximate surface area is 108 Å². The normalized spacial score (nSPS) is 11.7. The summed E-state index contributed by atoms with van der Waals surface area (Å²) in [5.41, 5.74) is 0. The van der Waals surface area contributed by atoms with Crippen molar-refractivity contribution in [2.45, 2.75) is 33.2 Å². The van der Waals surface area contributed by atoms with Crippen LogP contribution >= 0.6 is 0 Å². The van der Waals surface area contributed by atoms with Crippen LogP contribution in [0.5, 0.6) is 0 Å². The lowest BCUT2D eigenvalue weighted by molar-refractivity contribution is -0.114. The summed E-state index contributed by atoms with van der Waals surface area (Å²) in [6.07, 6.45) is 1.76. The molecule has 0 aliphatic rings. The van der Waals surface area contributed by atoms with Crippen molar-refractivity contribution in [3.63, 3.8) is 0 Å². The summed E-state index contributed by atoms with van der Waals surface area (Å²) in [5, 5.41) is 0. The second-order valence-electron chi connectivity index (χ2n) is 3.67. The number of carbonyl (C=O) groups excluding carboxylic acids is 1. The third-order valence-electron chi connectivity index (χ3n) is 2.27. The zero-order chi connectivity index (χ0) is 13.1. The quantitative estimate of drug-likeness (QED) is 0.399. The smallest absolute Gasteiger partial charge is 0.381 e. The van der Waals surface area contributed by atoms with E-state index in [1.54, 1.807) is 4.57 Å². The van der Waals surface area contributed by atoms with Gasteiger partial charge in [0.25, 0.3) is 0 Å². The van der Waals surface area contributed by atoms with Crippen molar-refractivity contribution in [3.05, 3.63) is 0 Å². The van der Waals surface area contributed by atoms with E-state index in [9.17, 15) is 4.79 Å². The first-order valence-corrected chi connectivity index (χ1v) is 9.04. The fourth-order valence-electron chi connectivity index (χ4n) is 1.60. The Hall–Kier alpha value is -0.216. The van der Waals surface area contributed by atoms with Crippen molar-refractivity contribution in [1.29, 1.82) is 0 Å². The summed E-state index contributed by atoms with van der Waals surface area (Å²) in [6, 6.07) is 0.773. The first kappa shape index (κ1) is 16.8. The second kappa shape index (κ2) is 9.78. The zero-order valence-electron chi connectivity index (χ0n) is 11.4. The second-order valence-corrected chi connectivity index (χ2v) is 7.55. The molecule has 0 bridgehead atoms. The Kier molecular flexibility index (Phi) is 9.65. The predicted octanol–water partition coefficient (Wildman–Crippen LogP) is 0.164. The molecule has 17 heavy (non-hydrogen) atoms. The molecule has 0 fully saturated rings. The van der Waals surface area contributed by atoms with Crippen LogP contribution in [0.15, 0.2) is 0 Å². The Morgan fingerprint density at radius 1 is 1.12 bits per heavy atom. The van der Waals surface area contributed by atoms with Crippen LogP contribution in [0.4, 0.5) is 0 Å². The fraction of sp³-hybridized carbons (Fsp3) is 0.900. The van der Waals surface area contributed by atoms with Crippen LogP contribution in [-0.4, -0.2) is 56.5 Å². The molecule has 0 saturated carbocycles. The number of hydrogen-bond donors (Lipinski definition) is 0. The van der Waals surface area contributed by atoms with E-state index in [-0.39, 0.29) is 0 Å². The fourth-order valence-corrected chi connectivity index (χ4v) is 4.51. The van der Waals surface area contributed by atoms with E-state index in [1.165, 1.54) is 0 Å². The van der Waals surface area contributed by atoms with Gasteiger partial charge in [-0.25, -0.2) is 0 Å². The summed E-state index contributed by atoms with van der Waals surface area (Å²) in [7, 11) is -1.75. The van der Waals surface area contributed by atoms with Gasteiger partial charge in [-0.05, 0) is 27.2 Å². The van der Waals surface area contributed by atoms with E-state index in [0.717, 1.165) is 35.8 Å². The van der Waals surface area contributed by atoms with Gasteiger partial charge >= 0.3 is 8.80 Å². The molecule has 7 heteroatoms. The maximum Gasteiger partial charge on any atom is 0.500 e. The molecule has 0 saturated heterocycles. The number of nitrogens with zero attached hydrogens (tertiary/aromatic N) is 1. The van der Waals surface area contributed by atoms with E-state index in [0.29, 0.717) is 19.8 Å². The minimum atomic E-state index is -2.50. The summed E-state index contributed by atoms with van der Waals surface area (Å²) < 4.78 is 18.9. The van der Waals surface area contributed by atoms with Gasteiger partial charge in [0.1, 0.15) is 10.4 Å². The zero-order valence-corrected chi connectivity index (χ0v) is 14.4. The Balaban J connectivity index is 4.27. The van der Waals surface area contributed by atoms with Crippen LogP contribution in [-0.2, 0) is 18.1 Å². The van der Waals surface area contributed by atoms with Gasteiger partial charge in [-0.3, -0.25) is 4.79 Å². The van der Waals surface area contributed by atoms with Crippen LogP contribution < -0.4 is 0 Å². The van der Waals surface area contributed by atoms with Gasteiger partial charge < -0.3 is 17.8 Å². The van der Waals surface area contributed by atoms with E-state index in [4.69, 9.17) is 13.3 Å². The summed E-state index contributed by atoms with van der Waals surface area (Å²) in [6.45, 7) is 8.41. The average molecular weight is 279 g/mol. The molecule has 0 aromatic rings. The number of hydrogen-bond acceptors (Lipinski definition) is 4. The van der Waals surface area contributed by atoms with Crippen molar-refractivity contribution < 1.29 is 18.1 Å². The SMILES string of the molecule is CCO[Si](CCCN([SiH3])C=O)(OCC)OCC. The lowest BCUT2D eigenvalue weighted by Gasteiger charge is -2.28. The molecule has 0 atom stereocenters. The van der Waals surface area contributed by atoms with Gasteiger partial charge in [-0.15, -0.1) is 0 Å². The molecule has 0 aliphatic heterocycles. The highest BCUT2D eigenvalue weighted by Crippen LogP contribution is 2.18. The van der Waals surface area contributed by atoms with Gasteiger partial charge in [0.15, 0.2) is 0 Å². The third kappa shape index (κ3) is 6.94. The molecule has 0 rings (SSSR count). The molecule has 0 radical (unpaired) electrons. The van der Waals surface area contributed by atoms with E-state index in [2.05, 4.69) is 0 Å². The highest BCUT2D eigenvalue weighted by molar-refractivity contribution is 6.60. The Morgan fingerprint density at radius 3 is 1.94 bits per heavy atom. The largest absolute Gasteiger partial charge is 0.500 e. The Bertz CT molecular complexity index is 190. The topological polar surface area (TPSA) is 48.0 Å². The van der Waals surface area contributed by atoms with Crippen molar-refractivity contribution in [2.24, 2.45) is 0 Å². The molecular weight excluding hydrogens is 254 g/mol. The van der Waals surface area contributed by atoms with Crippen molar-refractivity contribution in [3.8, 4) is 0 Å². The Morgan fingerprint density at radius 2 is 1.59 bits per heavy atom. The summed E-state index contributed by atoms with van der Waals surface area (Å²) in [5.74, 6) is 0. The minimum Gasteiger partial charge on any atom is -0.381 e. The molecule has 102 valence electrons. The first-order valence-electron chi connectivity index (χ1n) is 6.21. The number of carbonyl (C=O) groups is 1. The van der Waals surface area contributed by atoms with Crippen molar-refractivity contribution in [2.75, 3.05) is 26.4 Å². The van der Waals surface area contributed by atoms with E-state index >= 15 is 0 Å². The number of amides is 1. The van der Waals surface area contributed by atoms with Crippen LogP contribution in [0.3, 0.4) is 0 Å². The molecule has 0 spiro atoms. The van der Waals surface area contributed by atoms with Crippen LogP contribution in [0.1, 0.15) is 27.2 Å². The lowest BCUT2D eigenvalue weighted by atomic mass is 10.5. The maximum atomic E-state index is 10.5. The van der Waals surface area contributed by atoms with Crippen molar-refractivity contribution >= 4 is 25.6 Å². The standard InChI is InChI=1S/C10H25NO4Si2/c1-4-13-17(14-5-2,15-6-3)9-7-8-11(16)10-12/h10H,4-9H2,1-3,16H3. The lowest BCUT2D eigenvalue weighted by Crippen LogP contribution is -2.46. The number of rotatable bonds is 11. The van der Waals surface area contributed by atoms with Gasteiger partial charge in [0, 0.05) is 32.4 Å². The average Bonchev–Trinajstić information content (AvgIpc) is 2.30. The summed E-state index contributed by atoms with van der Waals surface area (Å²) >= 11 is 0.